The number of aliphatic carboxylic acids is 1. The van der Waals surface area contributed by atoms with E-state index in [2.05, 4.69) is 27.7 Å². The smallest absolute Gasteiger partial charge is 0.328 e. The maximum absolute atomic E-state index is 10.9. The van der Waals surface area contributed by atoms with E-state index in [1.54, 1.807) is 0 Å². The summed E-state index contributed by atoms with van der Waals surface area (Å²) in [5.41, 5.74) is 2.04. The number of hydrogen-bond acceptors (Lipinski definition) is 1. The SMILES string of the molecule is C/C(=C\C(=O)O)CCCC1CCCC2CC3CC(C)(C)CCC3C(C)(C)C12. The van der Waals surface area contributed by atoms with E-state index in [0.717, 1.165) is 48.0 Å². The van der Waals surface area contributed by atoms with Gasteiger partial charge in [-0.25, -0.2) is 4.79 Å². The van der Waals surface area contributed by atoms with Crippen LogP contribution in [0.15, 0.2) is 11.6 Å². The summed E-state index contributed by atoms with van der Waals surface area (Å²) in [6.07, 6.45) is 14.8. The molecule has 3 fully saturated rings. The minimum absolute atomic E-state index is 0.473. The van der Waals surface area contributed by atoms with Crippen LogP contribution in [0.3, 0.4) is 0 Å². The molecule has 0 saturated heterocycles. The molecule has 0 amide bonds. The van der Waals surface area contributed by atoms with Crippen LogP contribution in [0, 0.1) is 40.4 Å². The first-order valence-electron chi connectivity index (χ1n) is 11.5. The molecule has 0 aromatic carbocycles. The third-order valence-electron chi connectivity index (χ3n) is 8.62. The Bertz CT molecular complexity index is 571. The summed E-state index contributed by atoms with van der Waals surface area (Å²) >= 11 is 0. The van der Waals surface area contributed by atoms with Crippen LogP contribution in [0.1, 0.15) is 98.8 Å². The first-order valence-corrected chi connectivity index (χ1v) is 11.5. The van der Waals surface area contributed by atoms with Crippen molar-refractivity contribution in [2.75, 3.05) is 0 Å². The highest BCUT2D eigenvalue weighted by Gasteiger charge is 2.54. The molecule has 5 atom stereocenters. The van der Waals surface area contributed by atoms with Crippen molar-refractivity contribution in [3.63, 3.8) is 0 Å². The van der Waals surface area contributed by atoms with Gasteiger partial charge in [0, 0.05) is 6.08 Å². The summed E-state index contributed by atoms with van der Waals surface area (Å²) in [5.74, 6) is 3.74. The largest absolute Gasteiger partial charge is 0.478 e. The Hall–Kier alpha value is -0.790. The van der Waals surface area contributed by atoms with Crippen molar-refractivity contribution in [3.05, 3.63) is 11.6 Å². The maximum atomic E-state index is 10.9. The molecule has 27 heavy (non-hydrogen) atoms. The molecule has 0 radical (unpaired) electrons. The first kappa shape index (κ1) is 20.9. The summed E-state index contributed by atoms with van der Waals surface area (Å²) < 4.78 is 0. The van der Waals surface area contributed by atoms with Crippen molar-refractivity contribution in [3.8, 4) is 0 Å². The molecule has 3 aliphatic carbocycles. The molecule has 2 nitrogen and oxygen atoms in total. The lowest BCUT2D eigenvalue weighted by Crippen LogP contribution is -2.52. The normalized spacial score (nSPS) is 38.0. The lowest BCUT2D eigenvalue weighted by Gasteiger charge is -2.60. The van der Waals surface area contributed by atoms with E-state index in [0.29, 0.717) is 10.8 Å². The standard InChI is InChI=1S/C25H42O2/c1-17(14-22(26)27)8-6-9-18-10-7-11-19-15-20-16-24(2,3)13-12-21(20)25(4,5)23(18)19/h14,18-21,23H,6-13,15-16H2,1-5H3,(H,26,27)/b17-14+. The van der Waals surface area contributed by atoms with Gasteiger partial charge in [0.05, 0.1) is 0 Å². The van der Waals surface area contributed by atoms with Crippen molar-refractivity contribution < 1.29 is 9.90 Å². The minimum Gasteiger partial charge on any atom is -0.478 e. The van der Waals surface area contributed by atoms with Gasteiger partial charge in [-0.1, -0.05) is 52.5 Å². The zero-order valence-electron chi connectivity index (χ0n) is 18.4. The average molecular weight is 375 g/mol. The summed E-state index contributed by atoms with van der Waals surface area (Å²) in [5, 5.41) is 8.93. The van der Waals surface area contributed by atoms with Gasteiger partial charge in [0.1, 0.15) is 0 Å². The maximum Gasteiger partial charge on any atom is 0.328 e. The molecular formula is C25H42O2. The van der Waals surface area contributed by atoms with Crippen LogP contribution in [-0.4, -0.2) is 11.1 Å². The Kier molecular flexibility index (Phi) is 6.14. The third-order valence-corrected chi connectivity index (χ3v) is 8.62. The van der Waals surface area contributed by atoms with Crippen molar-refractivity contribution >= 4 is 5.97 Å². The highest BCUT2D eigenvalue weighted by molar-refractivity contribution is 5.80. The van der Waals surface area contributed by atoms with E-state index >= 15 is 0 Å². The number of fused-ring (bicyclic) bond motifs is 2. The Balaban J connectivity index is 1.68. The lowest BCUT2D eigenvalue weighted by atomic mass is 9.45. The number of carbonyl (C=O) groups is 1. The van der Waals surface area contributed by atoms with Crippen molar-refractivity contribution in [1.82, 2.24) is 0 Å². The fourth-order valence-electron chi connectivity index (χ4n) is 7.71. The number of allylic oxidation sites excluding steroid dienone is 1. The Morgan fingerprint density at radius 3 is 2.56 bits per heavy atom. The second kappa shape index (κ2) is 7.91. The van der Waals surface area contributed by atoms with Gasteiger partial charge in [-0.05, 0) is 92.3 Å². The molecule has 0 bridgehead atoms. The monoisotopic (exact) mass is 374 g/mol. The third kappa shape index (κ3) is 4.62. The van der Waals surface area contributed by atoms with E-state index in [1.807, 2.05) is 6.92 Å². The van der Waals surface area contributed by atoms with Crippen molar-refractivity contribution in [2.24, 2.45) is 40.4 Å². The van der Waals surface area contributed by atoms with Crippen LogP contribution in [0.4, 0.5) is 0 Å². The second-order valence-electron chi connectivity index (χ2n) is 11.5. The first-order chi connectivity index (χ1) is 12.6. The molecule has 3 aliphatic rings. The summed E-state index contributed by atoms with van der Waals surface area (Å²) in [6.45, 7) is 12.1. The zero-order valence-corrected chi connectivity index (χ0v) is 18.4. The minimum atomic E-state index is -0.801. The van der Waals surface area contributed by atoms with Crippen LogP contribution in [0.25, 0.3) is 0 Å². The van der Waals surface area contributed by atoms with Gasteiger partial charge in [-0.15, -0.1) is 0 Å². The average Bonchev–Trinajstić information content (AvgIpc) is 2.52. The van der Waals surface area contributed by atoms with Crippen LogP contribution < -0.4 is 0 Å². The van der Waals surface area contributed by atoms with Gasteiger partial charge in [-0.3, -0.25) is 0 Å². The van der Waals surface area contributed by atoms with Crippen LogP contribution >= 0.6 is 0 Å². The highest BCUT2D eigenvalue weighted by Crippen LogP contribution is 2.63. The van der Waals surface area contributed by atoms with Gasteiger partial charge in [0.15, 0.2) is 0 Å². The van der Waals surface area contributed by atoms with Gasteiger partial charge >= 0.3 is 5.97 Å². The molecule has 3 rings (SSSR count). The number of hydrogen-bond donors (Lipinski definition) is 1. The molecule has 0 heterocycles. The van der Waals surface area contributed by atoms with E-state index in [-0.39, 0.29) is 0 Å². The summed E-state index contributed by atoms with van der Waals surface area (Å²) in [6, 6.07) is 0. The van der Waals surface area contributed by atoms with Gasteiger partial charge < -0.3 is 5.11 Å². The van der Waals surface area contributed by atoms with Gasteiger partial charge in [-0.2, -0.15) is 0 Å². The molecule has 0 aromatic heterocycles. The molecule has 0 aromatic rings. The predicted octanol–water partition coefficient (Wildman–Crippen LogP) is 7.09. The molecule has 5 unspecified atom stereocenters. The van der Waals surface area contributed by atoms with E-state index < -0.39 is 5.97 Å². The molecule has 1 N–H and O–H groups in total. The van der Waals surface area contributed by atoms with E-state index in [9.17, 15) is 4.79 Å². The Labute approximate surface area is 167 Å². The summed E-state index contributed by atoms with van der Waals surface area (Å²) in [4.78, 5) is 10.9. The fraction of sp³-hybridized carbons (Fsp3) is 0.880. The molecular weight excluding hydrogens is 332 g/mol. The molecule has 0 aliphatic heterocycles. The predicted molar refractivity (Wildman–Crippen MR) is 113 cm³/mol. The number of carboxylic acid groups (broad SMARTS) is 1. The fourth-order valence-corrected chi connectivity index (χ4v) is 7.71. The highest BCUT2D eigenvalue weighted by atomic mass is 16.4. The zero-order chi connectivity index (χ0) is 19.8. The lowest BCUT2D eigenvalue weighted by molar-refractivity contribution is -0.131. The Morgan fingerprint density at radius 2 is 1.85 bits per heavy atom. The van der Waals surface area contributed by atoms with Crippen LogP contribution in [0.2, 0.25) is 0 Å². The second-order valence-corrected chi connectivity index (χ2v) is 11.5. The molecule has 0 spiro atoms. The molecule has 3 saturated carbocycles. The molecule has 2 heteroatoms. The quantitative estimate of drug-likeness (QED) is 0.521. The van der Waals surface area contributed by atoms with E-state index in [4.69, 9.17) is 5.11 Å². The van der Waals surface area contributed by atoms with Gasteiger partial charge in [0.2, 0.25) is 0 Å². The number of carboxylic acids is 1. The van der Waals surface area contributed by atoms with Crippen LogP contribution in [-0.2, 0) is 4.79 Å². The Morgan fingerprint density at radius 1 is 1.11 bits per heavy atom. The molecule has 154 valence electrons. The topological polar surface area (TPSA) is 37.3 Å². The van der Waals surface area contributed by atoms with Crippen molar-refractivity contribution in [1.29, 1.82) is 0 Å². The van der Waals surface area contributed by atoms with Crippen molar-refractivity contribution in [2.45, 2.75) is 98.8 Å². The van der Waals surface area contributed by atoms with Crippen LogP contribution in [0.5, 0.6) is 0 Å². The number of rotatable bonds is 5. The summed E-state index contributed by atoms with van der Waals surface area (Å²) in [7, 11) is 0. The van der Waals surface area contributed by atoms with E-state index in [1.165, 1.54) is 57.4 Å². The van der Waals surface area contributed by atoms with Gasteiger partial charge in [0.25, 0.3) is 0 Å².